The Morgan fingerprint density at radius 2 is 2.31 bits per heavy atom. The summed E-state index contributed by atoms with van der Waals surface area (Å²) in [5.41, 5.74) is 0.776. The Labute approximate surface area is 104 Å². The van der Waals surface area contributed by atoms with Crippen LogP contribution in [-0.2, 0) is 4.79 Å². The predicted molar refractivity (Wildman–Crippen MR) is 67.0 cm³/mol. The Bertz CT molecular complexity index is 409. The van der Waals surface area contributed by atoms with Crippen molar-refractivity contribution < 1.29 is 4.79 Å². The molecule has 0 saturated heterocycles. The number of carbonyl (C=O) groups is 1. The van der Waals surface area contributed by atoms with Crippen LogP contribution < -0.4 is 0 Å². The van der Waals surface area contributed by atoms with E-state index in [0.717, 1.165) is 22.9 Å². The fraction of sp³-hybridized carbons (Fsp3) is 0.385. The minimum atomic E-state index is -0.621. The first kappa shape index (κ1) is 12.9. The number of nitrogens with zero attached hydrogens (tertiary/aromatic N) is 1. The first-order valence-corrected chi connectivity index (χ1v) is 6.16. The van der Waals surface area contributed by atoms with E-state index in [2.05, 4.69) is 22.0 Å². The van der Waals surface area contributed by atoms with Gasteiger partial charge in [0.05, 0.1) is 6.07 Å². The monoisotopic (exact) mass is 279 g/mol. The highest BCUT2D eigenvalue weighted by Crippen LogP contribution is 2.22. The highest BCUT2D eigenvalue weighted by atomic mass is 79.9. The number of Topliss-reactive ketones (excluding diaryl/α,β-unsaturated/α-hetero) is 1. The third-order valence-corrected chi connectivity index (χ3v) is 2.90. The van der Waals surface area contributed by atoms with Crippen LogP contribution in [0.5, 0.6) is 0 Å². The summed E-state index contributed by atoms with van der Waals surface area (Å²) in [6.07, 6.45) is 2.31. The lowest BCUT2D eigenvalue weighted by Gasteiger charge is -2.08. The summed E-state index contributed by atoms with van der Waals surface area (Å²) in [5, 5.41) is 9.05. The van der Waals surface area contributed by atoms with E-state index in [0.29, 0.717) is 6.42 Å². The maximum Gasteiger partial charge on any atom is 0.154 e. The first-order chi connectivity index (χ1) is 7.69. The molecular weight excluding hydrogens is 266 g/mol. The zero-order valence-electron chi connectivity index (χ0n) is 9.24. The molecule has 0 spiro atoms. The van der Waals surface area contributed by atoms with Gasteiger partial charge in [-0.25, -0.2) is 0 Å². The van der Waals surface area contributed by atoms with Gasteiger partial charge in [-0.2, -0.15) is 5.26 Å². The molecule has 1 atom stereocenters. The molecule has 2 nitrogen and oxygen atoms in total. The van der Waals surface area contributed by atoms with Crippen molar-refractivity contribution in [1.29, 1.82) is 5.26 Å². The van der Waals surface area contributed by atoms with Crippen molar-refractivity contribution >= 4 is 21.7 Å². The van der Waals surface area contributed by atoms with E-state index in [1.807, 2.05) is 31.2 Å². The lowest BCUT2D eigenvalue weighted by atomic mass is 9.93. The molecule has 0 radical (unpaired) electrons. The molecule has 0 amide bonds. The van der Waals surface area contributed by atoms with Gasteiger partial charge in [0.1, 0.15) is 5.92 Å². The van der Waals surface area contributed by atoms with E-state index in [-0.39, 0.29) is 5.78 Å². The largest absolute Gasteiger partial charge is 0.298 e. The summed E-state index contributed by atoms with van der Waals surface area (Å²) < 4.78 is 0.897. The summed E-state index contributed by atoms with van der Waals surface area (Å²) in [5.74, 6) is -0.605. The summed E-state index contributed by atoms with van der Waals surface area (Å²) in [4.78, 5) is 11.8. The van der Waals surface area contributed by atoms with Crippen molar-refractivity contribution in [3.8, 4) is 6.07 Å². The number of carbonyl (C=O) groups excluding carboxylic acids is 1. The highest BCUT2D eigenvalue weighted by Gasteiger charge is 2.19. The SMILES string of the molecule is CCCCC(=O)C(C#N)c1cccc(Br)c1. The van der Waals surface area contributed by atoms with Gasteiger partial charge >= 0.3 is 0 Å². The van der Waals surface area contributed by atoms with Crippen LogP contribution in [0.4, 0.5) is 0 Å². The Morgan fingerprint density at radius 3 is 2.88 bits per heavy atom. The Hall–Kier alpha value is -1.14. The number of unbranched alkanes of at least 4 members (excludes halogenated alkanes) is 1. The molecule has 1 rings (SSSR count). The van der Waals surface area contributed by atoms with Gasteiger partial charge in [0, 0.05) is 10.9 Å². The lowest BCUT2D eigenvalue weighted by molar-refractivity contribution is -0.119. The van der Waals surface area contributed by atoms with Crippen LogP contribution in [0.15, 0.2) is 28.7 Å². The van der Waals surface area contributed by atoms with Crippen LogP contribution in [0.3, 0.4) is 0 Å². The van der Waals surface area contributed by atoms with Crippen LogP contribution in [-0.4, -0.2) is 5.78 Å². The number of hydrogen-bond donors (Lipinski definition) is 0. The number of halogens is 1. The number of nitriles is 1. The molecule has 0 aliphatic rings. The van der Waals surface area contributed by atoms with E-state index in [1.54, 1.807) is 0 Å². The lowest BCUT2D eigenvalue weighted by Crippen LogP contribution is -2.10. The molecule has 0 saturated carbocycles. The number of benzene rings is 1. The molecule has 0 heterocycles. The maximum absolute atomic E-state index is 11.8. The maximum atomic E-state index is 11.8. The Morgan fingerprint density at radius 1 is 1.56 bits per heavy atom. The smallest absolute Gasteiger partial charge is 0.154 e. The molecule has 0 N–H and O–H groups in total. The van der Waals surface area contributed by atoms with Crippen LogP contribution in [0.1, 0.15) is 37.7 Å². The standard InChI is InChI=1S/C13H14BrNO/c1-2-3-7-13(16)12(9-15)10-5-4-6-11(14)8-10/h4-6,8,12H,2-3,7H2,1H3. The third kappa shape index (κ3) is 3.46. The molecule has 1 unspecified atom stereocenters. The van der Waals surface area contributed by atoms with Crippen molar-refractivity contribution in [1.82, 2.24) is 0 Å². The topological polar surface area (TPSA) is 40.9 Å². The molecule has 0 aromatic heterocycles. The minimum Gasteiger partial charge on any atom is -0.298 e. The van der Waals surface area contributed by atoms with E-state index in [4.69, 9.17) is 5.26 Å². The number of hydrogen-bond acceptors (Lipinski definition) is 2. The van der Waals surface area contributed by atoms with Crippen molar-refractivity contribution in [3.63, 3.8) is 0 Å². The molecule has 0 aliphatic carbocycles. The van der Waals surface area contributed by atoms with Gasteiger partial charge in [-0.3, -0.25) is 4.79 Å². The average Bonchev–Trinajstić information content (AvgIpc) is 2.27. The molecule has 0 bridgehead atoms. The molecule has 0 aliphatic heterocycles. The molecule has 84 valence electrons. The van der Waals surface area contributed by atoms with Crippen LogP contribution in [0.25, 0.3) is 0 Å². The van der Waals surface area contributed by atoms with Gasteiger partial charge in [0.15, 0.2) is 5.78 Å². The average molecular weight is 280 g/mol. The summed E-state index contributed by atoms with van der Waals surface area (Å²) in [6, 6.07) is 9.46. The summed E-state index contributed by atoms with van der Waals surface area (Å²) in [6.45, 7) is 2.04. The van der Waals surface area contributed by atoms with E-state index < -0.39 is 5.92 Å². The van der Waals surface area contributed by atoms with Crippen LogP contribution in [0.2, 0.25) is 0 Å². The van der Waals surface area contributed by atoms with Gasteiger partial charge in [-0.05, 0) is 24.1 Å². The zero-order chi connectivity index (χ0) is 12.0. The van der Waals surface area contributed by atoms with Crippen molar-refractivity contribution in [2.24, 2.45) is 0 Å². The minimum absolute atomic E-state index is 0.0162. The predicted octanol–water partition coefficient (Wildman–Crippen LogP) is 3.82. The van der Waals surface area contributed by atoms with Crippen molar-refractivity contribution in [2.75, 3.05) is 0 Å². The molecule has 3 heteroatoms. The Kier molecular flexibility index (Phi) is 5.21. The second-order valence-electron chi connectivity index (χ2n) is 3.69. The normalized spacial score (nSPS) is 11.8. The van der Waals surface area contributed by atoms with E-state index in [9.17, 15) is 4.79 Å². The molecule has 1 aromatic carbocycles. The van der Waals surface area contributed by atoms with Crippen molar-refractivity contribution in [2.45, 2.75) is 32.1 Å². The number of rotatable bonds is 5. The molecular formula is C13H14BrNO. The first-order valence-electron chi connectivity index (χ1n) is 5.36. The van der Waals surface area contributed by atoms with E-state index >= 15 is 0 Å². The fourth-order valence-corrected chi connectivity index (χ4v) is 1.93. The molecule has 16 heavy (non-hydrogen) atoms. The quantitative estimate of drug-likeness (QED) is 0.822. The van der Waals surface area contributed by atoms with Crippen molar-refractivity contribution in [3.05, 3.63) is 34.3 Å². The number of ketones is 1. The molecule has 1 aromatic rings. The van der Waals surface area contributed by atoms with Gasteiger partial charge in [0.2, 0.25) is 0 Å². The summed E-state index contributed by atoms with van der Waals surface area (Å²) in [7, 11) is 0. The van der Waals surface area contributed by atoms with Crippen LogP contribution >= 0.6 is 15.9 Å². The van der Waals surface area contributed by atoms with Gasteiger partial charge in [-0.15, -0.1) is 0 Å². The van der Waals surface area contributed by atoms with Gasteiger partial charge in [0.25, 0.3) is 0 Å². The van der Waals surface area contributed by atoms with Gasteiger partial charge < -0.3 is 0 Å². The summed E-state index contributed by atoms with van der Waals surface area (Å²) >= 11 is 3.34. The second-order valence-corrected chi connectivity index (χ2v) is 4.60. The van der Waals surface area contributed by atoms with Gasteiger partial charge in [-0.1, -0.05) is 41.4 Å². The fourth-order valence-electron chi connectivity index (χ4n) is 1.51. The second kappa shape index (κ2) is 6.44. The third-order valence-electron chi connectivity index (χ3n) is 2.41. The molecule has 0 fully saturated rings. The highest BCUT2D eigenvalue weighted by molar-refractivity contribution is 9.10. The Balaban J connectivity index is 2.83. The van der Waals surface area contributed by atoms with Crippen LogP contribution in [0, 0.1) is 11.3 Å². The van der Waals surface area contributed by atoms with E-state index in [1.165, 1.54) is 0 Å². The zero-order valence-corrected chi connectivity index (χ0v) is 10.8.